The SMILES string of the molecule is CCC(C)NCC(=O)NCCCNC(=O)CNC. The number of hydrogen-bond donors (Lipinski definition) is 4. The van der Waals surface area contributed by atoms with Crippen LogP contribution in [0.5, 0.6) is 0 Å². The lowest BCUT2D eigenvalue weighted by Gasteiger charge is -2.11. The maximum absolute atomic E-state index is 11.4. The summed E-state index contributed by atoms with van der Waals surface area (Å²) in [6.07, 6.45) is 1.75. The van der Waals surface area contributed by atoms with Gasteiger partial charge in [0.2, 0.25) is 11.8 Å². The lowest BCUT2D eigenvalue weighted by molar-refractivity contribution is -0.120. The van der Waals surface area contributed by atoms with Gasteiger partial charge < -0.3 is 21.3 Å². The summed E-state index contributed by atoms with van der Waals surface area (Å²) < 4.78 is 0. The number of hydrogen-bond acceptors (Lipinski definition) is 4. The summed E-state index contributed by atoms with van der Waals surface area (Å²) in [6, 6.07) is 0.358. The second-order valence-electron chi connectivity index (χ2n) is 4.27. The van der Waals surface area contributed by atoms with Crippen LogP contribution in [0.2, 0.25) is 0 Å². The average molecular weight is 258 g/mol. The predicted molar refractivity (Wildman–Crippen MR) is 72.3 cm³/mol. The molecule has 0 heterocycles. The first-order chi connectivity index (χ1) is 8.60. The van der Waals surface area contributed by atoms with Crippen molar-refractivity contribution in [2.75, 3.05) is 33.2 Å². The maximum atomic E-state index is 11.4. The van der Waals surface area contributed by atoms with E-state index in [9.17, 15) is 9.59 Å². The zero-order valence-electron chi connectivity index (χ0n) is 11.6. The van der Waals surface area contributed by atoms with Crippen LogP contribution in [-0.2, 0) is 9.59 Å². The van der Waals surface area contributed by atoms with Crippen molar-refractivity contribution in [3.05, 3.63) is 0 Å². The molecule has 0 saturated heterocycles. The zero-order valence-corrected chi connectivity index (χ0v) is 11.6. The smallest absolute Gasteiger partial charge is 0.233 e. The monoisotopic (exact) mass is 258 g/mol. The van der Waals surface area contributed by atoms with Crippen molar-refractivity contribution >= 4 is 11.8 Å². The van der Waals surface area contributed by atoms with Crippen molar-refractivity contribution in [3.63, 3.8) is 0 Å². The highest BCUT2D eigenvalue weighted by Gasteiger charge is 2.03. The summed E-state index contributed by atoms with van der Waals surface area (Å²) in [5, 5.41) is 11.4. The lowest BCUT2D eigenvalue weighted by Crippen LogP contribution is -2.39. The largest absolute Gasteiger partial charge is 0.355 e. The van der Waals surface area contributed by atoms with Gasteiger partial charge in [-0.05, 0) is 26.8 Å². The Kier molecular flexibility index (Phi) is 10.3. The van der Waals surface area contributed by atoms with E-state index in [0.717, 1.165) is 12.8 Å². The van der Waals surface area contributed by atoms with Crippen LogP contribution in [0.3, 0.4) is 0 Å². The molecule has 106 valence electrons. The van der Waals surface area contributed by atoms with Crippen LogP contribution < -0.4 is 21.3 Å². The molecule has 6 heteroatoms. The third-order valence-electron chi connectivity index (χ3n) is 2.56. The second kappa shape index (κ2) is 11.0. The van der Waals surface area contributed by atoms with Crippen molar-refractivity contribution in [2.45, 2.75) is 32.7 Å². The highest BCUT2D eigenvalue weighted by Crippen LogP contribution is 1.85. The minimum absolute atomic E-state index is 0.00292. The van der Waals surface area contributed by atoms with Crippen molar-refractivity contribution in [1.29, 1.82) is 0 Å². The Labute approximate surface area is 109 Å². The first-order valence-corrected chi connectivity index (χ1v) is 6.51. The molecule has 0 radical (unpaired) electrons. The van der Waals surface area contributed by atoms with Gasteiger partial charge in [-0.2, -0.15) is 0 Å². The molecule has 0 saturated carbocycles. The van der Waals surface area contributed by atoms with Gasteiger partial charge in [0.05, 0.1) is 13.1 Å². The summed E-state index contributed by atoms with van der Waals surface area (Å²) in [6.45, 7) is 5.96. The Morgan fingerprint density at radius 1 is 1.06 bits per heavy atom. The first kappa shape index (κ1) is 16.9. The third-order valence-corrected chi connectivity index (χ3v) is 2.56. The van der Waals surface area contributed by atoms with Crippen LogP contribution in [-0.4, -0.2) is 51.1 Å². The lowest BCUT2D eigenvalue weighted by atomic mass is 10.2. The minimum atomic E-state index is -0.0257. The van der Waals surface area contributed by atoms with E-state index >= 15 is 0 Å². The number of carbonyl (C=O) groups excluding carboxylic acids is 2. The first-order valence-electron chi connectivity index (χ1n) is 6.51. The summed E-state index contributed by atoms with van der Waals surface area (Å²) in [5.74, 6) is -0.0286. The minimum Gasteiger partial charge on any atom is -0.355 e. The van der Waals surface area contributed by atoms with Crippen molar-refractivity contribution in [2.24, 2.45) is 0 Å². The number of carbonyl (C=O) groups is 2. The molecule has 0 aromatic heterocycles. The van der Waals surface area contributed by atoms with Gasteiger partial charge >= 0.3 is 0 Å². The van der Waals surface area contributed by atoms with E-state index in [1.165, 1.54) is 0 Å². The molecule has 18 heavy (non-hydrogen) atoms. The third kappa shape index (κ3) is 10.0. The van der Waals surface area contributed by atoms with E-state index in [-0.39, 0.29) is 11.8 Å². The molecule has 0 aromatic carbocycles. The standard InChI is InChI=1S/C12H26N4O2/c1-4-10(2)16-9-12(18)15-7-5-6-14-11(17)8-13-3/h10,13,16H,4-9H2,1-3H3,(H,14,17)(H,15,18). The van der Waals surface area contributed by atoms with Crippen LogP contribution in [0.1, 0.15) is 26.7 Å². The summed E-state index contributed by atoms with van der Waals surface area (Å²) in [7, 11) is 1.73. The molecule has 0 spiro atoms. The Balaban J connectivity index is 3.38. The fraction of sp³-hybridized carbons (Fsp3) is 0.833. The molecule has 4 N–H and O–H groups in total. The zero-order chi connectivity index (χ0) is 13.8. The highest BCUT2D eigenvalue weighted by atomic mass is 16.2. The van der Waals surface area contributed by atoms with Gasteiger partial charge in [-0.15, -0.1) is 0 Å². The molecule has 0 aliphatic carbocycles. The second-order valence-corrected chi connectivity index (χ2v) is 4.27. The highest BCUT2D eigenvalue weighted by molar-refractivity contribution is 5.78. The molecule has 2 amide bonds. The normalized spacial score (nSPS) is 11.9. The van der Waals surface area contributed by atoms with Gasteiger partial charge in [-0.25, -0.2) is 0 Å². The van der Waals surface area contributed by atoms with E-state index in [2.05, 4.69) is 28.2 Å². The fourth-order valence-corrected chi connectivity index (χ4v) is 1.24. The number of likely N-dealkylation sites (N-methyl/N-ethyl adjacent to an activating group) is 1. The molecule has 0 fully saturated rings. The quantitative estimate of drug-likeness (QED) is 0.387. The van der Waals surface area contributed by atoms with Crippen LogP contribution >= 0.6 is 0 Å². The predicted octanol–water partition coefficient (Wildman–Crippen LogP) is -0.784. The Morgan fingerprint density at radius 2 is 1.61 bits per heavy atom. The van der Waals surface area contributed by atoms with Gasteiger partial charge in [0.1, 0.15) is 0 Å². The van der Waals surface area contributed by atoms with Gasteiger partial charge in [0.25, 0.3) is 0 Å². The maximum Gasteiger partial charge on any atom is 0.233 e. The van der Waals surface area contributed by atoms with E-state index in [0.29, 0.717) is 32.2 Å². The molecule has 1 unspecified atom stereocenters. The van der Waals surface area contributed by atoms with Crippen molar-refractivity contribution in [1.82, 2.24) is 21.3 Å². The van der Waals surface area contributed by atoms with Gasteiger partial charge in [-0.3, -0.25) is 9.59 Å². The topological polar surface area (TPSA) is 82.3 Å². The Morgan fingerprint density at radius 3 is 2.11 bits per heavy atom. The van der Waals surface area contributed by atoms with Crippen molar-refractivity contribution < 1.29 is 9.59 Å². The molecule has 6 nitrogen and oxygen atoms in total. The summed E-state index contributed by atoms with van der Waals surface area (Å²) in [4.78, 5) is 22.5. The average Bonchev–Trinajstić information content (AvgIpc) is 2.35. The van der Waals surface area contributed by atoms with E-state index in [1.807, 2.05) is 6.92 Å². The van der Waals surface area contributed by atoms with Crippen LogP contribution in [0.15, 0.2) is 0 Å². The van der Waals surface area contributed by atoms with E-state index in [1.54, 1.807) is 7.05 Å². The van der Waals surface area contributed by atoms with Crippen molar-refractivity contribution in [3.8, 4) is 0 Å². The molecular formula is C12H26N4O2. The van der Waals surface area contributed by atoms with Gasteiger partial charge in [-0.1, -0.05) is 6.92 Å². The summed E-state index contributed by atoms with van der Waals surface area (Å²) >= 11 is 0. The molecule has 0 aliphatic heterocycles. The fourth-order valence-electron chi connectivity index (χ4n) is 1.24. The molecule has 1 atom stereocenters. The number of amides is 2. The number of nitrogens with one attached hydrogen (secondary N) is 4. The van der Waals surface area contributed by atoms with Gasteiger partial charge in [0.15, 0.2) is 0 Å². The van der Waals surface area contributed by atoms with Crippen LogP contribution in [0.25, 0.3) is 0 Å². The molecular weight excluding hydrogens is 232 g/mol. The van der Waals surface area contributed by atoms with Crippen LogP contribution in [0, 0.1) is 0 Å². The summed E-state index contributed by atoms with van der Waals surface area (Å²) in [5.41, 5.74) is 0. The van der Waals surface area contributed by atoms with Crippen LogP contribution in [0.4, 0.5) is 0 Å². The number of rotatable bonds is 10. The Bertz CT molecular complexity index is 246. The molecule has 0 aliphatic rings. The van der Waals surface area contributed by atoms with E-state index < -0.39 is 0 Å². The molecule has 0 rings (SSSR count). The van der Waals surface area contributed by atoms with Gasteiger partial charge in [0, 0.05) is 19.1 Å². The molecule has 0 bridgehead atoms. The Hall–Kier alpha value is -1.14. The molecule has 0 aromatic rings. The van der Waals surface area contributed by atoms with E-state index in [4.69, 9.17) is 0 Å².